The molecule has 0 heterocycles. The van der Waals surface area contributed by atoms with E-state index >= 15 is 0 Å². The Labute approximate surface area is 129 Å². The highest BCUT2D eigenvalue weighted by Gasteiger charge is 2.07. The van der Waals surface area contributed by atoms with Crippen LogP contribution in [0.25, 0.3) is 0 Å². The van der Waals surface area contributed by atoms with Gasteiger partial charge in [0.25, 0.3) is 5.91 Å². The van der Waals surface area contributed by atoms with E-state index in [1.54, 1.807) is 6.07 Å². The van der Waals surface area contributed by atoms with Crippen LogP contribution in [0.3, 0.4) is 0 Å². The van der Waals surface area contributed by atoms with E-state index in [1.807, 2.05) is 0 Å². The van der Waals surface area contributed by atoms with Crippen molar-refractivity contribution in [2.45, 2.75) is 32.6 Å². The zero-order chi connectivity index (χ0) is 16.8. The number of unbranched alkanes of at least 4 members (excludes halogenated alkanes) is 2. The molecule has 122 valence electrons. The molecule has 0 saturated carbocycles. The molecule has 0 aromatic rings. The minimum absolute atomic E-state index is 0.0478. The number of hydrogen-bond donors (Lipinski definition) is 4. The first-order valence-electron chi connectivity index (χ1n) is 7.05. The summed E-state index contributed by atoms with van der Waals surface area (Å²) in [6, 6.07) is 1.79. The molecular weight excluding hydrogens is 288 g/mol. The van der Waals surface area contributed by atoms with E-state index in [1.165, 1.54) is 13.1 Å². The van der Waals surface area contributed by atoms with Crippen molar-refractivity contribution >= 4 is 17.8 Å². The predicted molar refractivity (Wildman–Crippen MR) is 79.5 cm³/mol. The van der Waals surface area contributed by atoms with E-state index in [0.717, 1.165) is 0 Å². The molecule has 0 aliphatic carbocycles. The topological polar surface area (TPSA) is 131 Å². The predicted octanol–water partition coefficient (Wildman–Crippen LogP) is -0.119. The standard InChI is InChI=1S/C14H22N4O4/c1-11(19)17-8-7-16-10-12(9-15)14(22)18-6-4-2-3-5-13(20)21/h10,16H,2-8H2,1H3,(H,17,19)(H,18,22)(H,20,21)/b12-10-. The average Bonchev–Trinajstić information content (AvgIpc) is 2.45. The Morgan fingerprint density at radius 1 is 1.09 bits per heavy atom. The van der Waals surface area contributed by atoms with Gasteiger partial charge in [0.2, 0.25) is 5.91 Å². The minimum Gasteiger partial charge on any atom is -0.481 e. The van der Waals surface area contributed by atoms with E-state index in [2.05, 4.69) is 16.0 Å². The highest BCUT2D eigenvalue weighted by molar-refractivity contribution is 5.97. The van der Waals surface area contributed by atoms with Crippen LogP contribution in [0, 0.1) is 11.3 Å². The minimum atomic E-state index is -0.830. The molecule has 0 bridgehead atoms. The average molecular weight is 310 g/mol. The van der Waals surface area contributed by atoms with Gasteiger partial charge in [-0.25, -0.2) is 0 Å². The molecule has 0 fully saturated rings. The summed E-state index contributed by atoms with van der Waals surface area (Å²) in [7, 11) is 0. The molecule has 0 radical (unpaired) electrons. The quantitative estimate of drug-likeness (QED) is 0.239. The summed E-state index contributed by atoms with van der Waals surface area (Å²) in [5.74, 6) is -1.45. The number of nitrogens with one attached hydrogen (secondary N) is 3. The monoisotopic (exact) mass is 310 g/mol. The molecule has 0 rings (SSSR count). The Balaban J connectivity index is 3.87. The molecule has 0 spiro atoms. The fourth-order valence-electron chi connectivity index (χ4n) is 1.51. The Bertz CT molecular complexity index is 454. The number of carbonyl (C=O) groups is 3. The van der Waals surface area contributed by atoms with Crippen LogP contribution in [-0.2, 0) is 14.4 Å². The van der Waals surface area contributed by atoms with Crippen LogP contribution < -0.4 is 16.0 Å². The molecular formula is C14H22N4O4. The van der Waals surface area contributed by atoms with Gasteiger partial charge in [0.1, 0.15) is 11.6 Å². The second-order valence-electron chi connectivity index (χ2n) is 4.57. The molecule has 0 aromatic carbocycles. The van der Waals surface area contributed by atoms with E-state index < -0.39 is 11.9 Å². The highest BCUT2D eigenvalue weighted by atomic mass is 16.4. The fraction of sp³-hybridized carbons (Fsp3) is 0.571. The second-order valence-corrected chi connectivity index (χ2v) is 4.57. The fourth-order valence-corrected chi connectivity index (χ4v) is 1.51. The number of aliphatic carboxylic acids is 1. The number of nitriles is 1. The lowest BCUT2D eigenvalue weighted by Gasteiger charge is -2.05. The zero-order valence-corrected chi connectivity index (χ0v) is 12.6. The Kier molecular flexibility index (Phi) is 10.8. The molecule has 0 unspecified atom stereocenters. The summed E-state index contributed by atoms with van der Waals surface area (Å²) in [5.41, 5.74) is -0.0478. The molecule has 8 heteroatoms. The number of rotatable bonds is 11. The van der Waals surface area contributed by atoms with Crippen LogP contribution in [0.4, 0.5) is 0 Å². The maximum absolute atomic E-state index is 11.7. The van der Waals surface area contributed by atoms with Gasteiger partial charge in [-0.2, -0.15) is 5.26 Å². The molecule has 2 amide bonds. The van der Waals surface area contributed by atoms with E-state index in [-0.39, 0.29) is 17.9 Å². The number of hydrogen-bond acceptors (Lipinski definition) is 5. The van der Waals surface area contributed by atoms with Crippen LogP contribution in [0.5, 0.6) is 0 Å². The summed E-state index contributed by atoms with van der Waals surface area (Å²) in [4.78, 5) is 32.6. The van der Waals surface area contributed by atoms with Crippen LogP contribution in [0.15, 0.2) is 11.8 Å². The Morgan fingerprint density at radius 3 is 2.41 bits per heavy atom. The molecule has 0 saturated heterocycles. The summed E-state index contributed by atoms with van der Waals surface area (Å²) < 4.78 is 0. The van der Waals surface area contributed by atoms with Gasteiger partial charge in [-0.3, -0.25) is 14.4 Å². The van der Waals surface area contributed by atoms with Gasteiger partial charge in [0.15, 0.2) is 0 Å². The lowest BCUT2D eigenvalue weighted by Crippen LogP contribution is -2.30. The van der Waals surface area contributed by atoms with Crippen molar-refractivity contribution in [2.24, 2.45) is 0 Å². The summed E-state index contributed by atoms with van der Waals surface area (Å²) in [5, 5.41) is 25.3. The van der Waals surface area contributed by atoms with Crippen LogP contribution >= 0.6 is 0 Å². The third-order valence-corrected chi connectivity index (χ3v) is 2.61. The first-order chi connectivity index (χ1) is 10.5. The largest absolute Gasteiger partial charge is 0.481 e. The third-order valence-electron chi connectivity index (χ3n) is 2.61. The van der Waals surface area contributed by atoms with Crippen LogP contribution in [-0.4, -0.2) is 42.5 Å². The molecule has 0 aromatic heterocycles. The summed E-state index contributed by atoms with van der Waals surface area (Å²) in [6.45, 7) is 2.60. The van der Waals surface area contributed by atoms with Crippen molar-refractivity contribution < 1.29 is 19.5 Å². The zero-order valence-electron chi connectivity index (χ0n) is 12.6. The molecule has 0 aliphatic heterocycles. The van der Waals surface area contributed by atoms with Gasteiger partial charge in [-0.15, -0.1) is 0 Å². The first-order valence-corrected chi connectivity index (χ1v) is 7.05. The van der Waals surface area contributed by atoms with Crippen molar-refractivity contribution in [3.63, 3.8) is 0 Å². The molecule has 4 N–H and O–H groups in total. The van der Waals surface area contributed by atoms with Gasteiger partial charge >= 0.3 is 5.97 Å². The Hall–Kier alpha value is -2.56. The number of carbonyl (C=O) groups excluding carboxylic acids is 2. The van der Waals surface area contributed by atoms with Gasteiger partial charge in [0.05, 0.1) is 0 Å². The molecule has 0 aliphatic rings. The van der Waals surface area contributed by atoms with Crippen molar-refractivity contribution in [1.29, 1.82) is 5.26 Å². The number of amides is 2. The highest BCUT2D eigenvalue weighted by Crippen LogP contribution is 1.99. The van der Waals surface area contributed by atoms with E-state index in [4.69, 9.17) is 10.4 Å². The van der Waals surface area contributed by atoms with Gasteiger partial charge in [-0.05, 0) is 12.8 Å². The van der Waals surface area contributed by atoms with Crippen molar-refractivity contribution in [3.8, 4) is 6.07 Å². The smallest absolute Gasteiger partial charge is 0.303 e. The molecule has 22 heavy (non-hydrogen) atoms. The number of carboxylic acid groups (broad SMARTS) is 1. The SMILES string of the molecule is CC(=O)NCCN/C=C(/C#N)C(=O)NCCCCCC(=O)O. The second kappa shape index (κ2) is 12.2. The maximum atomic E-state index is 11.7. The van der Waals surface area contributed by atoms with Crippen molar-refractivity contribution in [3.05, 3.63) is 11.8 Å². The normalized spacial score (nSPS) is 10.5. The molecule has 0 atom stereocenters. The third kappa shape index (κ3) is 11.3. The van der Waals surface area contributed by atoms with E-state index in [9.17, 15) is 14.4 Å². The number of nitrogens with zero attached hydrogens (tertiary/aromatic N) is 1. The molecule has 8 nitrogen and oxygen atoms in total. The van der Waals surface area contributed by atoms with Crippen molar-refractivity contribution in [2.75, 3.05) is 19.6 Å². The van der Waals surface area contributed by atoms with Gasteiger partial charge < -0.3 is 21.1 Å². The first kappa shape index (κ1) is 19.4. The summed E-state index contributed by atoms with van der Waals surface area (Å²) >= 11 is 0. The van der Waals surface area contributed by atoms with Gasteiger partial charge in [0, 0.05) is 39.2 Å². The summed E-state index contributed by atoms with van der Waals surface area (Å²) in [6.07, 6.45) is 3.36. The van der Waals surface area contributed by atoms with Crippen molar-refractivity contribution in [1.82, 2.24) is 16.0 Å². The number of carboxylic acids is 1. The lowest BCUT2D eigenvalue weighted by molar-refractivity contribution is -0.137. The van der Waals surface area contributed by atoms with E-state index in [0.29, 0.717) is 38.9 Å². The van der Waals surface area contributed by atoms with Crippen LogP contribution in [0.1, 0.15) is 32.6 Å². The van der Waals surface area contributed by atoms with Crippen LogP contribution in [0.2, 0.25) is 0 Å². The van der Waals surface area contributed by atoms with Gasteiger partial charge in [-0.1, -0.05) is 6.42 Å². The Morgan fingerprint density at radius 2 is 1.82 bits per heavy atom. The lowest BCUT2D eigenvalue weighted by atomic mass is 10.2. The maximum Gasteiger partial charge on any atom is 0.303 e.